The number of carbonyl (C=O) groups excluding carboxylic acids is 3. The predicted octanol–water partition coefficient (Wildman–Crippen LogP) is 1.42. The SMILES string of the molecule is CCOC(=O)c1cccc(NC(=O)[C@@H]2C[C@H](SC3=C(C(=O)O)N4C(=O)[C@H]([C@@H](C)O)[C@H]4[C@H]3C)CN2)c1. The van der Waals surface area contributed by atoms with Crippen LogP contribution in [0.25, 0.3) is 0 Å². The van der Waals surface area contributed by atoms with Gasteiger partial charge in [0.15, 0.2) is 0 Å². The lowest BCUT2D eigenvalue weighted by molar-refractivity contribution is -0.163. The summed E-state index contributed by atoms with van der Waals surface area (Å²) in [6, 6.07) is 5.66. The van der Waals surface area contributed by atoms with E-state index >= 15 is 0 Å². The van der Waals surface area contributed by atoms with Crippen LogP contribution in [0.2, 0.25) is 0 Å². The van der Waals surface area contributed by atoms with Gasteiger partial charge in [-0.05, 0) is 38.5 Å². The number of aliphatic hydroxyl groups is 1. The average Bonchev–Trinajstić information content (AvgIpc) is 3.36. The zero-order valence-electron chi connectivity index (χ0n) is 19.7. The van der Waals surface area contributed by atoms with Crippen LogP contribution in [0.15, 0.2) is 34.9 Å². The number of hydrogen-bond acceptors (Lipinski definition) is 8. The first kappa shape index (κ1) is 25.2. The fourth-order valence-corrected chi connectivity index (χ4v) is 6.50. The second kappa shape index (κ2) is 10.00. The molecule has 0 unspecified atom stereocenters. The van der Waals surface area contributed by atoms with Crippen molar-refractivity contribution < 1.29 is 34.1 Å². The van der Waals surface area contributed by atoms with Crippen LogP contribution in [0.1, 0.15) is 37.6 Å². The highest BCUT2D eigenvalue weighted by Gasteiger charge is 2.60. The van der Waals surface area contributed by atoms with Crippen molar-refractivity contribution in [3.8, 4) is 0 Å². The minimum absolute atomic E-state index is 0.0157. The Bertz CT molecular complexity index is 1090. The second-order valence-corrected chi connectivity index (χ2v) is 10.3. The largest absolute Gasteiger partial charge is 0.477 e. The fourth-order valence-electron chi connectivity index (χ4n) is 5.02. The number of nitrogens with zero attached hydrogens (tertiary/aromatic N) is 1. The third-order valence-electron chi connectivity index (χ3n) is 6.65. The number of amides is 2. The zero-order valence-corrected chi connectivity index (χ0v) is 20.5. The van der Waals surface area contributed by atoms with Gasteiger partial charge in [-0.15, -0.1) is 11.8 Å². The van der Waals surface area contributed by atoms with E-state index in [2.05, 4.69) is 10.6 Å². The van der Waals surface area contributed by atoms with Gasteiger partial charge in [0, 0.05) is 28.3 Å². The first-order valence-electron chi connectivity index (χ1n) is 11.6. The normalized spacial score (nSPS) is 28.4. The Hall–Kier alpha value is -2.89. The second-order valence-electron chi connectivity index (χ2n) is 9.00. The maximum atomic E-state index is 12.8. The number of carboxylic acid groups (broad SMARTS) is 1. The van der Waals surface area contributed by atoms with Gasteiger partial charge in [0.1, 0.15) is 5.70 Å². The molecule has 3 aliphatic rings. The van der Waals surface area contributed by atoms with E-state index in [1.54, 1.807) is 38.1 Å². The quantitative estimate of drug-likeness (QED) is 0.306. The number of anilines is 1. The van der Waals surface area contributed by atoms with E-state index in [-0.39, 0.29) is 41.3 Å². The van der Waals surface area contributed by atoms with E-state index in [0.717, 1.165) is 0 Å². The van der Waals surface area contributed by atoms with Crippen LogP contribution in [-0.2, 0) is 19.1 Å². The molecule has 1 aromatic carbocycles. The van der Waals surface area contributed by atoms with Crippen molar-refractivity contribution in [2.24, 2.45) is 11.8 Å². The van der Waals surface area contributed by atoms with Crippen LogP contribution in [-0.4, -0.2) is 75.5 Å². The Morgan fingerprint density at radius 3 is 2.74 bits per heavy atom. The summed E-state index contributed by atoms with van der Waals surface area (Å²) in [4.78, 5) is 51.2. The van der Waals surface area contributed by atoms with E-state index in [4.69, 9.17) is 4.74 Å². The summed E-state index contributed by atoms with van der Waals surface area (Å²) in [5.41, 5.74) is 0.805. The highest BCUT2D eigenvalue weighted by Crippen LogP contribution is 2.51. The topological polar surface area (TPSA) is 145 Å². The van der Waals surface area contributed by atoms with Gasteiger partial charge in [0.05, 0.1) is 36.3 Å². The van der Waals surface area contributed by atoms with E-state index in [1.165, 1.54) is 16.7 Å². The number of nitrogens with one attached hydrogen (secondary N) is 2. The van der Waals surface area contributed by atoms with Gasteiger partial charge in [0.2, 0.25) is 11.8 Å². The monoisotopic (exact) mass is 503 g/mol. The Kier molecular flexibility index (Phi) is 7.20. The average molecular weight is 504 g/mol. The highest BCUT2D eigenvalue weighted by atomic mass is 32.2. The molecule has 0 bridgehead atoms. The number of ether oxygens (including phenoxy) is 1. The van der Waals surface area contributed by atoms with Gasteiger partial charge in [-0.1, -0.05) is 13.0 Å². The van der Waals surface area contributed by atoms with Crippen molar-refractivity contribution in [2.75, 3.05) is 18.5 Å². The molecular formula is C24H29N3O7S. The van der Waals surface area contributed by atoms with E-state index < -0.39 is 30.0 Å². The number of esters is 1. The molecule has 0 radical (unpaired) electrons. The standard InChI is InChI=1S/C24H29N3O7S/c1-4-34-24(33)13-6-5-7-14(8-13)26-21(29)16-9-15(10-25-16)35-20-11(2)18-17(12(3)28)22(30)27(18)19(20)23(31)32/h5-8,11-12,15-18,25,28H,4,9-10H2,1-3H3,(H,26,29)(H,31,32)/t11-,12-,15+,16+,17-,18-/m1/s1. The molecule has 3 aliphatic heterocycles. The zero-order chi connectivity index (χ0) is 25.4. The van der Waals surface area contributed by atoms with Crippen molar-refractivity contribution in [1.82, 2.24) is 10.2 Å². The van der Waals surface area contributed by atoms with Crippen LogP contribution in [0.3, 0.4) is 0 Å². The van der Waals surface area contributed by atoms with Crippen molar-refractivity contribution in [1.29, 1.82) is 0 Å². The molecule has 10 nitrogen and oxygen atoms in total. The number of rotatable bonds is 8. The molecule has 0 aromatic heterocycles. The summed E-state index contributed by atoms with van der Waals surface area (Å²) in [5.74, 6) is -3.08. The summed E-state index contributed by atoms with van der Waals surface area (Å²) in [5, 5.41) is 25.7. The molecule has 2 fully saturated rings. The van der Waals surface area contributed by atoms with Crippen LogP contribution in [0.4, 0.5) is 5.69 Å². The molecule has 6 atom stereocenters. The molecule has 1 aromatic rings. The molecule has 4 rings (SSSR count). The lowest BCUT2D eigenvalue weighted by Gasteiger charge is -2.46. The minimum atomic E-state index is -1.17. The number of fused-ring (bicyclic) bond motifs is 1. The van der Waals surface area contributed by atoms with Crippen LogP contribution in [0.5, 0.6) is 0 Å². The molecule has 4 N–H and O–H groups in total. The summed E-state index contributed by atoms with van der Waals surface area (Å²) in [6.45, 7) is 5.89. The number of aliphatic carboxylic acids is 1. The van der Waals surface area contributed by atoms with Gasteiger partial charge in [-0.3, -0.25) is 9.59 Å². The van der Waals surface area contributed by atoms with Crippen molar-refractivity contribution >= 4 is 41.2 Å². The summed E-state index contributed by atoms with van der Waals surface area (Å²) in [7, 11) is 0. The van der Waals surface area contributed by atoms with E-state index in [1.807, 2.05) is 6.92 Å². The molecule has 2 saturated heterocycles. The number of β-lactam (4-membered cyclic amide) rings is 1. The lowest BCUT2D eigenvalue weighted by atomic mass is 9.79. The van der Waals surface area contributed by atoms with Gasteiger partial charge >= 0.3 is 11.9 Å². The first-order chi connectivity index (χ1) is 16.6. The van der Waals surface area contributed by atoms with Gasteiger partial charge in [-0.2, -0.15) is 0 Å². The third-order valence-corrected chi connectivity index (χ3v) is 8.16. The van der Waals surface area contributed by atoms with Gasteiger partial charge in [-0.25, -0.2) is 9.59 Å². The molecule has 0 spiro atoms. The van der Waals surface area contributed by atoms with Crippen molar-refractivity contribution in [3.05, 3.63) is 40.4 Å². The number of carbonyl (C=O) groups is 4. The molecule has 3 heterocycles. The maximum absolute atomic E-state index is 12.8. The molecule has 0 aliphatic carbocycles. The Morgan fingerprint density at radius 2 is 2.09 bits per heavy atom. The number of aliphatic hydroxyl groups excluding tert-OH is 1. The smallest absolute Gasteiger partial charge is 0.353 e. The molecule has 188 valence electrons. The Labute approximate surface area is 207 Å². The fraction of sp³-hybridized carbons (Fsp3) is 0.500. The molecule has 0 saturated carbocycles. The highest BCUT2D eigenvalue weighted by molar-refractivity contribution is 8.03. The Balaban J connectivity index is 1.41. The molecule has 35 heavy (non-hydrogen) atoms. The van der Waals surface area contributed by atoms with Crippen molar-refractivity contribution in [3.63, 3.8) is 0 Å². The van der Waals surface area contributed by atoms with E-state index in [9.17, 15) is 29.4 Å². The van der Waals surface area contributed by atoms with Gasteiger partial charge < -0.3 is 30.5 Å². The number of thioether (sulfide) groups is 1. The number of hydrogen-bond donors (Lipinski definition) is 4. The predicted molar refractivity (Wildman–Crippen MR) is 128 cm³/mol. The maximum Gasteiger partial charge on any atom is 0.353 e. The third kappa shape index (κ3) is 4.67. The van der Waals surface area contributed by atoms with E-state index in [0.29, 0.717) is 29.1 Å². The molecular weight excluding hydrogens is 474 g/mol. The first-order valence-corrected chi connectivity index (χ1v) is 12.5. The minimum Gasteiger partial charge on any atom is -0.477 e. The van der Waals surface area contributed by atoms with Crippen LogP contribution in [0, 0.1) is 11.8 Å². The summed E-state index contributed by atoms with van der Waals surface area (Å²) >= 11 is 1.38. The summed E-state index contributed by atoms with van der Waals surface area (Å²) in [6.07, 6.45) is -0.385. The lowest BCUT2D eigenvalue weighted by Crippen LogP contribution is -2.63. The molecule has 11 heteroatoms. The van der Waals surface area contributed by atoms with Crippen LogP contribution >= 0.6 is 11.8 Å². The molecule has 2 amide bonds. The summed E-state index contributed by atoms with van der Waals surface area (Å²) < 4.78 is 4.99. The van der Waals surface area contributed by atoms with Crippen molar-refractivity contribution in [2.45, 2.75) is 50.6 Å². The van der Waals surface area contributed by atoms with Gasteiger partial charge in [0.25, 0.3) is 0 Å². The number of benzene rings is 1. The van der Waals surface area contributed by atoms with Crippen LogP contribution < -0.4 is 10.6 Å². The number of carboxylic acids is 1. The Morgan fingerprint density at radius 1 is 1.34 bits per heavy atom.